The number of carbonyl (C=O) groups excluding carboxylic acids is 1. The molecule has 3 unspecified atom stereocenters. The monoisotopic (exact) mass is 420 g/mol. The molecule has 0 spiro atoms. The van der Waals surface area contributed by atoms with Gasteiger partial charge in [0.2, 0.25) is 0 Å². The summed E-state index contributed by atoms with van der Waals surface area (Å²) in [5, 5.41) is 29.1. The molecule has 162 valence electrons. The van der Waals surface area contributed by atoms with Crippen LogP contribution in [-0.2, 0) is 14.3 Å². The summed E-state index contributed by atoms with van der Waals surface area (Å²) in [5.41, 5.74) is 0. The molecule has 7 nitrogen and oxygen atoms in total. The summed E-state index contributed by atoms with van der Waals surface area (Å²) >= 11 is 0. The lowest BCUT2D eigenvalue weighted by molar-refractivity contribution is -0.147. The highest BCUT2D eigenvalue weighted by Crippen LogP contribution is 2.11. The molecule has 1 rings (SSSR count). The Morgan fingerprint density at radius 1 is 1.07 bits per heavy atom. The molecule has 30 heavy (non-hydrogen) atoms. The summed E-state index contributed by atoms with van der Waals surface area (Å²) in [6.45, 7) is -0.520. The van der Waals surface area contributed by atoms with Crippen molar-refractivity contribution in [3.63, 3.8) is 0 Å². The van der Waals surface area contributed by atoms with Crippen LogP contribution < -0.4 is 4.74 Å². The van der Waals surface area contributed by atoms with Crippen molar-refractivity contribution in [2.75, 3.05) is 26.9 Å². The number of carbonyl (C=O) groups is 1. The molecule has 8 heteroatoms. The van der Waals surface area contributed by atoms with Crippen molar-refractivity contribution < 1.29 is 38.7 Å². The van der Waals surface area contributed by atoms with Gasteiger partial charge in [0.15, 0.2) is 0 Å². The fourth-order valence-electron chi connectivity index (χ4n) is 1.85. The normalized spacial score (nSPS) is 14.4. The maximum Gasteiger partial charge on any atom is 0.331 e. The van der Waals surface area contributed by atoms with Gasteiger partial charge in [-0.1, -0.05) is 30.1 Å². The lowest BCUT2D eigenvalue weighted by Crippen LogP contribution is -2.30. The second-order valence-corrected chi connectivity index (χ2v) is 5.87. The summed E-state index contributed by atoms with van der Waals surface area (Å²) in [4.78, 5) is 10.9. The highest BCUT2D eigenvalue weighted by molar-refractivity contribution is 5.70. The minimum atomic E-state index is -1.19. The first-order valence-electron chi connectivity index (χ1n) is 9.00. The minimum Gasteiger partial charge on any atom is -0.491 e. The molecule has 0 saturated carbocycles. The van der Waals surface area contributed by atoms with E-state index in [1.54, 1.807) is 6.08 Å². The highest BCUT2D eigenvalue weighted by atomic mass is 19.1. The second-order valence-electron chi connectivity index (χ2n) is 5.87. The fourth-order valence-corrected chi connectivity index (χ4v) is 1.85. The zero-order chi connectivity index (χ0) is 22.2. The Morgan fingerprint density at radius 2 is 1.77 bits per heavy atom. The van der Waals surface area contributed by atoms with Crippen LogP contribution in [0.4, 0.5) is 4.39 Å². The van der Waals surface area contributed by atoms with Crippen LogP contribution in [0.2, 0.25) is 0 Å². The lowest BCUT2D eigenvalue weighted by Gasteiger charge is -2.13. The Morgan fingerprint density at radius 3 is 2.47 bits per heavy atom. The van der Waals surface area contributed by atoms with Gasteiger partial charge in [-0.15, -0.1) is 0 Å². The molecule has 0 fully saturated rings. The van der Waals surface area contributed by atoms with E-state index in [0.29, 0.717) is 5.75 Å². The number of hydrogen-bond acceptors (Lipinski definition) is 7. The van der Waals surface area contributed by atoms with Crippen LogP contribution in [0.1, 0.15) is 0 Å². The average molecular weight is 420 g/mol. The number of methoxy groups -OCH3 is 1. The van der Waals surface area contributed by atoms with E-state index in [2.05, 4.69) is 16.6 Å². The Balaban J connectivity index is 2.26. The topological polar surface area (TPSA) is 105 Å². The molecule has 0 radical (unpaired) electrons. The van der Waals surface area contributed by atoms with Gasteiger partial charge < -0.3 is 29.5 Å². The Bertz CT molecular complexity index is 775. The number of hydrogen-bond donors (Lipinski definition) is 3. The van der Waals surface area contributed by atoms with Crippen molar-refractivity contribution in [3.8, 4) is 17.6 Å². The predicted octanol–water partition coefficient (Wildman–Crippen LogP) is 1.15. The number of halogens is 1. The summed E-state index contributed by atoms with van der Waals surface area (Å²) in [6, 6.07) is 5.47. The molecule has 0 saturated heterocycles. The van der Waals surface area contributed by atoms with Gasteiger partial charge in [-0.3, -0.25) is 0 Å². The minimum absolute atomic E-state index is 0.00590. The van der Waals surface area contributed by atoms with E-state index in [1.807, 2.05) is 0 Å². The molecule has 1 aromatic carbocycles. The number of aliphatic hydroxyl groups is 3. The smallest absolute Gasteiger partial charge is 0.331 e. The second kappa shape index (κ2) is 15.0. The molecule has 0 aliphatic carbocycles. The third kappa shape index (κ3) is 11.8. The van der Waals surface area contributed by atoms with Crippen LogP contribution in [0, 0.1) is 17.7 Å². The van der Waals surface area contributed by atoms with Crippen LogP contribution in [0.5, 0.6) is 5.75 Å². The maximum absolute atomic E-state index is 12.8. The van der Waals surface area contributed by atoms with Crippen LogP contribution in [0.3, 0.4) is 0 Å². The van der Waals surface area contributed by atoms with Gasteiger partial charge in [-0.25, -0.2) is 9.18 Å². The molecule has 0 aliphatic rings. The first kappa shape index (κ1) is 25.1. The van der Waals surface area contributed by atoms with Gasteiger partial charge in [0.1, 0.15) is 43.1 Å². The average Bonchev–Trinajstić information content (AvgIpc) is 2.74. The number of allylic oxidation sites excluding steroid dienone is 4. The molecule has 0 aliphatic heterocycles. The van der Waals surface area contributed by atoms with Crippen LogP contribution >= 0.6 is 0 Å². The zero-order valence-corrected chi connectivity index (χ0v) is 16.5. The largest absolute Gasteiger partial charge is 0.491 e. The molecule has 0 heterocycles. The van der Waals surface area contributed by atoms with Gasteiger partial charge >= 0.3 is 5.97 Å². The number of ether oxygens (including phenoxy) is 3. The van der Waals surface area contributed by atoms with E-state index >= 15 is 0 Å². The Labute approximate surface area is 174 Å². The van der Waals surface area contributed by atoms with Crippen LogP contribution in [-0.4, -0.2) is 66.5 Å². The van der Waals surface area contributed by atoms with Crippen molar-refractivity contribution in [1.82, 2.24) is 0 Å². The molecule has 0 bridgehead atoms. The number of benzene rings is 1. The number of esters is 1. The molecule has 3 N–H and O–H groups in total. The Hall–Kier alpha value is -2.96. The lowest BCUT2D eigenvalue weighted by atomic mass is 10.2. The molecule has 3 atom stereocenters. The van der Waals surface area contributed by atoms with E-state index in [-0.39, 0.29) is 25.6 Å². The van der Waals surface area contributed by atoms with E-state index < -0.39 is 24.3 Å². The third-order valence-electron chi connectivity index (χ3n) is 3.45. The van der Waals surface area contributed by atoms with Gasteiger partial charge in [0.05, 0.1) is 13.7 Å². The summed E-state index contributed by atoms with van der Waals surface area (Å²) in [5.74, 6) is 4.89. The van der Waals surface area contributed by atoms with Gasteiger partial charge in [0, 0.05) is 0 Å². The highest BCUT2D eigenvalue weighted by Gasteiger charge is 2.13. The van der Waals surface area contributed by atoms with E-state index in [4.69, 9.17) is 9.47 Å². The van der Waals surface area contributed by atoms with Crippen LogP contribution in [0.15, 0.2) is 60.7 Å². The van der Waals surface area contributed by atoms with Gasteiger partial charge in [-0.2, -0.15) is 0 Å². The zero-order valence-electron chi connectivity index (χ0n) is 16.5. The molecular formula is C22H25FO7. The maximum atomic E-state index is 12.8. The van der Waals surface area contributed by atoms with E-state index in [0.717, 1.165) is 0 Å². The molecule has 0 aromatic heterocycles. The van der Waals surface area contributed by atoms with Crippen molar-refractivity contribution in [1.29, 1.82) is 0 Å². The van der Waals surface area contributed by atoms with Crippen molar-refractivity contribution in [2.24, 2.45) is 0 Å². The quantitative estimate of drug-likeness (QED) is 0.280. The Kier molecular flexibility index (Phi) is 12.5. The van der Waals surface area contributed by atoms with Crippen LogP contribution in [0.25, 0.3) is 0 Å². The predicted molar refractivity (Wildman–Crippen MR) is 108 cm³/mol. The molecule has 0 amide bonds. The molecule has 1 aromatic rings. The first-order valence-corrected chi connectivity index (χ1v) is 9.00. The molecular weight excluding hydrogens is 395 g/mol. The number of rotatable bonds is 11. The summed E-state index contributed by atoms with van der Waals surface area (Å²) in [6.07, 6.45) is 5.59. The van der Waals surface area contributed by atoms with Crippen molar-refractivity contribution in [3.05, 3.63) is 66.5 Å². The van der Waals surface area contributed by atoms with Gasteiger partial charge in [-0.05, 0) is 42.5 Å². The third-order valence-corrected chi connectivity index (χ3v) is 3.45. The summed E-state index contributed by atoms with van der Waals surface area (Å²) < 4.78 is 27.4. The standard InChI is InChI=1S/C22H25FO7/c1-28-22(27)16-29-15-21(26)20(25)9-7-5-3-2-4-6-8-18(24)14-30-19-12-10-17(23)11-13-19/h3,5-13,18,20-21,24-26H,14-16H2,1H3/b5-3+,8-6+,9-7+. The first-order chi connectivity index (χ1) is 14.4. The van der Waals surface area contributed by atoms with E-state index in [9.17, 15) is 24.5 Å². The number of aliphatic hydroxyl groups excluding tert-OH is 3. The van der Waals surface area contributed by atoms with Gasteiger partial charge in [0.25, 0.3) is 0 Å². The SMILES string of the molecule is COC(=O)COCC(O)C(O)/C=C/C=C/C#C/C=C/C(O)COc1ccc(F)cc1. The van der Waals surface area contributed by atoms with Crippen molar-refractivity contribution >= 4 is 5.97 Å². The van der Waals surface area contributed by atoms with E-state index in [1.165, 1.54) is 61.8 Å². The van der Waals surface area contributed by atoms with Crippen molar-refractivity contribution in [2.45, 2.75) is 18.3 Å². The summed E-state index contributed by atoms with van der Waals surface area (Å²) in [7, 11) is 1.22. The fraction of sp³-hybridized carbons (Fsp3) is 0.318.